The van der Waals surface area contributed by atoms with Gasteiger partial charge in [0.1, 0.15) is 0 Å². The van der Waals surface area contributed by atoms with Crippen molar-refractivity contribution in [2.45, 2.75) is 0 Å². The molecular formula is C34H22N4. The van der Waals surface area contributed by atoms with Crippen molar-refractivity contribution in [3.05, 3.63) is 134 Å². The fraction of sp³-hybridized carbons (Fsp3) is 0. The number of rotatable bonds is 3. The Bertz CT molecular complexity index is 1850. The van der Waals surface area contributed by atoms with Crippen molar-refractivity contribution >= 4 is 43.6 Å². The smallest absolute Gasteiger partial charge is 0.0887 e. The van der Waals surface area contributed by atoms with Gasteiger partial charge in [-0.05, 0) is 48.5 Å². The monoisotopic (exact) mass is 486 g/mol. The molecule has 4 heteroatoms. The van der Waals surface area contributed by atoms with Gasteiger partial charge in [0.05, 0.1) is 57.2 Å². The lowest BCUT2D eigenvalue weighted by Crippen LogP contribution is -1.97. The molecule has 8 aromatic rings. The molecule has 0 spiro atoms. The molecule has 4 aromatic heterocycles. The van der Waals surface area contributed by atoms with Crippen LogP contribution < -0.4 is 0 Å². The largest absolute Gasteiger partial charge is 0.308 e. The van der Waals surface area contributed by atoms with Gasteiger partial charge < -0.3 is 9.13 Å². The molecule has 0 bridgehead atoms. The molecule has 0 radical (unpaired) electrons. The van der Waals surface area contributed by atoms with Gasteiger partial charge in [-0.25, -0.2) is 0 Å². The first-order chi connectivity index (χ1) is 18.9. The molecule has 0 N–H and O–H groups in total. The van der Waals surface area contributed by atoms with Crippen LogP contribution in [0.2, 0.25) is 0 Å². The van der Waals surface area contributed by atoms with E-state index < -0.39 is 0 Å². The lowest BCUT2D eigenvalue weighted by molar-refractivity contribution is 1.12. The van der Waals surface area contributed by atoms with E-state index in [4.69, 9.17) is 9.97 Å². The zero-order valence-corrected chi connectivity index (χ0v) is 20.5. The standard InChI is InChI=1S/C34H22N4/c1-5-13-31-25(9-1)26-10-2-6-14-32(26)37(31)23-17-19-29(35-21-23)30-20-18-24(22-36-30)38-33-15-7-3-11-27(33)28-12-4-8-16-34(28)38/h1-22H. The number of fused-ring (bicyclic) bond motifs is 6. The summed E-state index contributed by atoms with van der Waals surface area (Å²) < 4.78 is 4.56. The van der Waals surface area contributed by atoms with Crippen molar-refractivity contribution in [1.82, 2.24) is 19.1 Å². The minimum atomic E-state index is 0.850. The lowest BCUT2D eigenvalue weighted by Gasteiger charge is -2.10. The van der Waals surface area contributed by atoms with E-state index in [0.29, 0.717) is 0 Å². The third-order valence-corrected chi connectivity index (χ3v) is 7.43. The Labute approximate surface area is 219 Å². The van der Waals surface area contributed by atoms with Crippen LogP contribution in [-0.4, -0.2) is 19.1 Å². The van der Waals surface area contributed by atoms with Crippen LogP contribution in [0.15, 0.2) is 134 Å². The molecule has 38 heavy (non-hydrogen) atoms. The molecule has 8 rings (SSSR count). The number of nitrogens with zero attached hydrogens (tertiary/aromatic N) is 4. The van der Waals surface area contributed by atoms with Gasteiger partial charge in [0, 0.05) is 21.5 Å². The van der Waals surface area contributed by atoms with Crippen LogP contribution in [0.1, 0.15) is 0 Å². The van der Waals surface area contributed by atoms with Crippen molar-refractivity contribution in [3.8, 4) is 22.8 Å². The predicted octanol–water partition coefficient (Wildman–Crippen LogP) is 8.34. The highest BCUT2D eigenvalue weighted by atomic mass is 15.0. The van der Waals surface area contributed by atoms with Crippen LogP contribution in [0.5, 0.6) is 0 Å². The number of aromatic nitrogens is 4. The Morgan fingerprint density at radius 2 is 0.658 bits per heavy atom. The van der Waals surface area contributed by atoms with Gasteiger partial charge in [-0.15, -0.1) is 0 Å². The van der Waals surface area contributed by atoms with E-state index in [2.05, 4.69) is 130 Å². The second-order valence-corrected chi connectivity index (χ2v) is 9.54. The highest BCUT2D eigenvalue weighted by Gasteiger charge is 2.14. The second kappa shape index (κ2) is 8.15. The molecule has 0 unspecified atom stereocenters. The summed E-state index contributed by atoms with van der Waals surface area (Å²) >= 11 is 0. The Morgan fingerprint density at radius 1 is 0.342 bits per heavy atom. The molecule has 0 aliphatic heterocycles. The maximum atomic E-state index is 4.82. The zero-order valence-electron chi connectivity index (χ0n) is 20.5. The summed E-state index contributed by atoms with van der Waals surface area (Å²) in [6.07, 6.45) is 3.88. The highest BCUT2D eigenvalue weighted by molar-refractivity contribution is 6.10. The van der Waals surface area contributed by atoms with Crippen LogP contribution in [0.25, 0.3) is 66.4 Å². The van der Waals surface area contributed by atoms with Gasteiger partial charge in [0.2, 0.25) is 0 Å². The number of benzene rings is 4. The number of pyridine rings is 2. The molecule has 178 valence electrons. The van der Waals surface area contributed by atoms with E-state index in [9.17, 15) is 0 Å². The minimum Gasteiger partial charge on any atom is -0.308 e. The van der Waals surface area contributed by atoms with Crippen molar-refractivity contribution in [1.29, 1.82) is 0 Å². The van der Waals surface area contributed by atoms with E-state index in [0.717, 1.165) is 22.8 Å². The molecule has 0 amide bonds. The molecule has 0 saturated carbocycles. The fourth-order valence-electron chi connectivity index (χ4n) is 5.74. The molecule has 4 nitrogen and oxygen atoms in total. The van der Waals surface area contributed by atoms with E-state index in [1.54, 1.807) is 0 Å². The summed E-state index contributed by atoms with van der Waals surface area (Å²) in [5.74, 6) is 0. The zero-order chi connectivity index (χ0) is 25.1. The molecule has 0 aliphatic rings. The minimum absolute atomic E-state index is 0.850. The Morgan fingerprint density at radius 3 is 0.947 bits per heavy atom. The van der Waals surface area contributed by atoms with Crippen molar-refractivity contribution < 1.29 is 0 Å². The summed E-state index contributed by atoms with van der Waals surface area (Å²) in [5.41, 5.74) is 8.48. The van der Waals surface area contributed by atoms with Crippen LogP contribution >= 0.6 is 0 Å². The SMILES string of the molecule is c1ccc2c(c1)c1ccccc1n2-c1ccc(-c2ccc(-n3c4ccccc4c4ccccc43)cn2)nc1. The van der Waals surface area contributed by atoms with Crippen molar-refractivity contribution in [2.24, 2.45) is 0 Å². The van der Waals surface area contributed by atoms with E-state index in [-0.39, 0.29) is 0 Å². The van der Waals surface area contributed by atoms with Gasteiger partial charge >= 0.3 is 0 Å². The summed E-state index contributed by atoms with van der Waals surface area (Å²) in [5, 5.41) is 4.98. The van der Waals surface area contributed by atoms with Crippen LogP contribution in [-0.2, 0) is 0 Å². The summed E-state index contributed by atoms with van der Waals surface area (Å²) in [6, 6.07) is 42.5. The van der Waals surface area contributed by atoms with Gasteiger partial charge in [-0.2, -0.15) is 0 Å². The Hall–Kier alpha value is -5.22. The maximum absolute atomic E-state index is 4.82. The van der Waals surface area contributed by atoms with E-state index in [1.165, 1.54) is 43.6 Å². The summed E-state index contributed by atoms with van der Waals surface area (Å²) in [7, 11) is 0. The number of para-hydroxylation sites is 4. The molecule has 4 heterocycles. The third-order valence-electron chi connectivity index (χ3n) is 7.43. The lowest BCUT2D eigenvalue weighted by atomic mass is 10.2. The first kappa shape index (κ1) is 20.9. The molecule has 0 fully saturated rings. The van der Waals surface area contributed by atoms with Crippen LogP contribution in [0.4, 0.5) is 0 Å². The first-order valence-electron chi connectivity index (χ1n) is 12.8. The number of hydrogen-bond donors (Lipinski definition) is 0. The molecular weight excluding hydrogens is 464 g/mol. The van der Waals surface area contributed by atoms with Crippen LogP contribution in [0, 0.1) is 0 Å². The average molecular weight is 487 g/mol. The Balaban J connectivity index is 1.20. The van der Waals surface area contributed by atoms with Gasteiger partial charge in [-0.1, -0.05) is 72.8 Å². The molecule has 0 atom stereocenters. The van der Waals surface area contributed by atoms with Crippen molar-refractivity contribution in [3.63, 3.8) is 0 Å². The third kappa shape index (κ3) is 3.04. The van der Waals surface area contributed by atoms with Crippen molar-refractivity contribution in [2.75, 3.05) is 0 Å². The van der Waals surface area contributed by atoms with E-state index >= 15 is 0 Å². The Kier molecular flexibility index (Phi) is 4.49. The molecule has 0 saturated heterocycles. The number of hydrogen-bond acceptors (Lipinski definition) is 2. The fourth-order valence-corrected chi connectivity index (χ4v) is 5.74. The van der Waals surface area contributed by atoms with Gasteiger partial charge in [-0.3, -0.25) is 9.97 Å². The van der Waals surface area contributed by atoms with E-state index in [1.807, 2.05) is 12.4 Å². The van der Waals surface area contributed by atoms with Gasteiger partial charge in [0.25, 0.3) is 0 Å². The topological polar surface area (TPSA) is 35.6 Å². The summed E-state index contributed by atoms with van der Waals surface area (Å²) in [6.45, 7) is 0. The average Bonchev–Trinajstić information content (AvgIpc) is 3.51. The second-order valence-electron chi connectivity index (χ2n) is 9.54. The molecule has 4 aromatic carbocycles. The molecule has 0 aliphatic carbocycles. The highest BCUT2D eigenvalue weighted by Crippen LogP contribution is 2.33. The first-order valence-corrected chi connectivity index (χ1v) is 12.8. The normalized spacial score (nSPS) is 11.7. The van der Waals surface area contributed by atoms with Crippen LogP contribution in [0.3, 0.4) is 0 Å². The maximum Gasteiger partial charge on any atom is 0.0887 e. The predicted molar refractivity (Wildman–Crippen MR) is 156 cm³/mol. The van der Waals surface area contributed by atoms with Gasteiger partial charge in [0.15, 0.2) is 0 Å². The quantitative estimate of drug-likeness (QED) is 0.252. The summed E-state index contributed by atoms with van der Waals surface area (Å²) in [4.78, 5) is 9.64.